The molecule has 2 heterocycles. The van der Waals surface area contributed by atoms with Gasteiger partial charge in [-0.1, -0.05) is 17.7 Å². The van der Waals surface area contributed by atoms with Gasteiger partial charge in [-0.15, -0.1) is 0 Å². The summed E-state index contributed by atoms with van der Waals surface area (Å²) < 4.78 is 62.7. The predicted octanol–water partition coefficient (Wildman–Crippen LogP) is 2.92. The van der Waals surface area contributed by atoms with Crippen LogP contribution in [-0.2, 0) is 20.8 Å². The molecule has 1 fully saturated rings. The van der Waals surface area contributed by atoms with Gasteiger partial charge in [0.15, 0.2) is 9.84 Å². The van der Waals surface area contributed by atoms with E-state index in [9.17, 15) is 26.4 Å². The van der Waals surface area contributed by atoms with Crippen molar-refractivity contribution in [3.05, 3.63) is 53.7 Å². The Balaban J connectivity index is 1.52. The number of pyridine rings is 1. The van der Waals surface area contributed by atoms with Crippen LogP contribution in [0.25, 0.3) is 0 Å². The molecule has 3 rings (SSSR count). The molecule has 0 saturated carbocycles. The van der Waals surface area contributed by atoms with E-state index < -0.39 is 21.6 Å². The van der Waals surface area contributed by atoms with Gasteiger partial charge < -0.3 is 9.80 Å². The van der Waals surface area contributed by atoms with Crippen molar-refractivity contribution in [2.24, 2.45) is 0 Å². The van der Waals surface area contributed by atoms with Gasteiger partial charge >= 0.3 is 6.18 Å². The van der Waals surface area contributed by atoms with Gasteiger partial charge in [0, 0.05) is 38.8 Å². The molecule has 0 unspecified atom stereocenters. The number of carbonyl (C=O) groups excluding carboxylic acids is 1. The highest BCUT2D eigenvalue weighted by Gasteiger charge is 2.31. The zero-order valence-corrected chi connectivity index (χ0v) is 17.2. The van der Waals surface area contributed by atoms with Gasteiger partial charge in [0.05, 0.1) is 16.2 Å². The SMILES string of the molecule is Cc1ccc(S(=O)(=O)CCC(=O)N2CCN(c3ccc(C(F)(F)F)cn3)CC2)cc1. The lowest BCUT2D eigenvalue weighted by molar-refractivity contribution is -0.137. The molecule has 0 spiro atoms. The number of hydrogen-bond acceptors (Lipinski definition) is 5. The van der Waals surface area contributed by atoms with E-state index in [1.807, 2.05) is 6.92 Å². The third-order valence-electron chi connectivity index (χ3n) is 5.00. The number of halogens is 3. The fourth-order valence-electron chi connectivity index (χ4n) is 3.17. The van der Waals surface area contributed by atoms with Crippen molar-refractivity contribution < 1.29 is 26.4 Å². The summed E-state index contributed by atoms with van der Waals surface area (Å²) in [4.78, 5) is 19.9. The van der Waals surface area contributed by atoms with Crippen LogP contribution in [-0.4, -0.2) is 56.1 Å². The molecule has 1 aromatic carbocycles. The first-order valence-corrected chi connectivity index (χ1v) is 11.1. The zero-order chi connectivity index (χ0) is 21.9. The van der Waals surface area contributed by atoms with Crippen LogP contribution in [0.4, 0.5) is 19.0 Å². The highest BCUT2D eigenvalue weighted by molar-refractivity contribution is 7.91. The lowest BCUT2D eigenvalue weighted by atomic mass is 10.2. The van der Waals surface area contributed by atoms with E-state index in [1.54, 1.807) is 21.9 Å². The maximum absolute atomic E-state index is 12.6. The number of carbonyl (C=O) groups is 1. The van der Waals surface area contributed by atoms with Crippen molar-refractivity contribution in [1.29, 1.82) is 0 Å². The minimum absolute atomic E-state index is 0.116. The van der Waals surface area contributed by atoms with Crippen molar-refractivity contribution in [3.8, 4) is 0 Å². The van der Waals surface area contributed by atoms with Gasteiger partial charge in [0.1, 0.15) is 5.82 Å². The average Bonchev–Trinajstić information content (AvgIpc) is 2.72. The minimum atomic E-state index is -4.43. The maximum atomic E-state index is 12.6. The summed E-state index contributed by atoms with van der Waals surface area (Å²) in [5, 5.41) is 0. The Labute approximate surface area is 173 Å². The van der Waals surface area contributed by atoms with Crippen molar-refractivity contribution in [2.75, 3.05) is 36.8 Å². The van der Waals surface area contributed by atoms with Crippen LogP contribution in [0, 0.1) is 6.92 Å². The Morgan fingerprint density at radius 2 is 1.67 bits per heavy atom. The number of aryl methyl sites for hydroxylation is 1. The molecule has 2 aromatic rings. The summed E-state index contributed by atoms with van der Waals surface area (Å²) >= 11 is 0. The number of benzene rings is 1. The molecular formula is C20H22F3N3O3S. The fourth-order valence-corrected chi connectivity index (χ4v) is 4.40. The van der Waals surface area contributed by atoms with E-state index in [0.29, 0.717) is 32.0 Å². The van der Waals surface area contributed by atoms with Gasteiger partial charge in [-0.2, -0.15) is 13.2 Å². The van der Waals surface area contributed by atoms with Crippen LogP contribution in [0.3, 0.4) is 0 Å². The van der Waals surface area contributed by atoms with Crippen LogP contribution in [0.15, 0.2) is 47.5 Å². The number of anilines is 1. The average molecular weight is 441 g/mol. The number of alkyl halides is 3. The molecule has 6 nitrogen and oxygen atoms in total. The van der Waals surface area contributed by atoms with Crippen LogP contribution in [0.5, 0.6) is 0 Å². The van der Waals surface area contributed by atoms with E-state index in [0.717, 1.165) is 17.8 Å². The van der Waals surface area contributed by atoms with Gasteiger partial charge in [0.25, 0.3) is 0 Å². The molecule has 162 valence electrons. The molecule has 1 aliphatic rings. The van der Waals surface area contributed by atoms with Crippen LogP contribution in [0.2, 0.25) is 0 Å². The molecule has 0 aliphatic carbocycles. The number of rotatable bonds is 5. The molecular weight excluding hydrogens is 419 g/mol. The van der Waals surface area contributed by atoms with E-state index in [1.165, 1.54) is 18.2 Å². The highest BCUT2D eigenvalue weighted by Crippen LogP contribution is 2.29. The quantitative estimate of drug-likeness (QED) is 0.714. The Kier molecular flexibility index (Phi) is 6.35. The Bertz CT molecular complexity index is 983. The lowest BCUT2D eigenvalue weighted by Gasteiger charge is -2.35. The van der Waals surface area contributed by atoms with Crippen molar-refractivity contribution >= 4 is 21.6 Å². The van der Waals surface area contributed by atoms with Crippen LogP contribution >= 0.6 is 0 Å². The third kappa shape index (κ3) is 5.29. The topological polar surface area (TPSA) is 70.6 Å². The largest absolute Gasteiger partial charge is 0.417 e. The number of hydrogen-bond donors (Lipinski definition) is 0. The number of amides is 1. The zero-order valence-electron chi connectivity index (χ0n) is 16.4. The van der Waals surface area contributed by atoms with E-state index in [2.05, 4.69) is 4.98 Å². The second kappa shape index (κ2) is 8.63. The van der Waals surface area contributed by atoms with Crippen LogP contribution in [0.1, 0.15) is 17.5 Å². The van der Waals surface area contributed by atoms with Crippen molar-refractivity contribution in [3.63, 3.8) is 0 Å². The normalized spacial score (nSPS) is 15.3. The lowest BCUT2D eigenvalue weighted by Crippen LogP contribution is -2.49. The molecule has 0 atom stereocenters. The van der Waals surface area contributed by atoms with Gasteiger partial charge in [-0.05, 0) is 31.2 Å². The maximum Gasteiger partial charge on any atom is 0.417 e. The summed E-state index contributed by atoms with van der Waals surface area (Å²) in [7, 11) is -3.54. The highest BCUT2D eigenvalue weighted by atomic mass is 32.2. The number of sulfone groups is 1. The Hall–Kier alpha value is -2.62. The van der Waals surface area contributed by atoms with Crippen molar-refractivity contribution in [1.82, 2.24) is 9.88 Å². The first-order valence-electron chi connectivity index (χ1n) is 9.42. The number of nitrogens with zero attached hydrogens (tertiary/aromatic N) is 3. The van der Waals surface area contributed by atoms with Gasteiger partial charge in [0.2, 0.25) is 5.91 Å². The smallest absolute Gasteiger partial charge is 0.353 e. The van der Waals surface area contributed by atoms with E-state index in [4.69, 9.17) is 0 Å². The van der Waals surface area contributed by atoms with E-state index in [-0.39, 0.29) is 23.0 Å². The summed E-state index contributed by atoms with van der Waals surface area (Å²) in [5.74, 6) is -0.113. The first kappa shape index (κ1) is 22.1. The summed E-state index contributed by atoms with van der Waals surface area (Å²) in [5.41, 5.74) is 0.139. The Morgan fingerprint density at radius 3 is 2.20 bits per heavy atom. The molecule has 0 radical (unpaired) electrons. The molecule has 0 bridgehead atoms. The molecule has 1 aromatic heterocycles. The minimum Gasteiger partial charge on any atom is -0.353 e. The van der Waals surface area contributed by atoms with Crippen molar-refractivity contribution in [2.45, 2.75) is 24.4 Å². The predicted molar refractivity (Wildman–Crippen MR) is 106 cm³/mol. The molecule has 10 heteroatoms. The molecule has 1 aliphatic heterocycles. The summed E-state index contributed by atoms with van der Waals surface area (Å²) in [6.45, 7) is 3.39. The first-order chi connectivity index (χ1) is 14.1. The van der Waals surface area contributed by atoms with Crippen LogP contribution < -0.4 is 4.90 Å². The molecule has 0 N–H and O–H groups in total. The van der Waals surface area contributed by atoms with Gasteiger partial charge in [-0.3, -0.25) is 4.79 Å². The standard InChI is InChI=1S/C20H22F3N3O3S/c1-15-2-5-17(6-3-15)30(28,29)13-8-19(27)26-11-9-25(10-12-26)18-7-4-16(14-24-18)20(21,22)23/h2-7,14H,8-13H2,1H3. The second-order valence-electron chi connectivity index (χ2n) is 7.15. The number of piperazine rings is 1. The number of aromatic nitrogens is 1. The fraction of sp³-hybridized carbons (Fsp3) is 0.400. The monoisotopic (exact) mass is 441 g/mol. The van der Waals surface area contributed by atoms with E-state index >= 15 is 0 Å². The molecule has 30 heavy (non-hydrogen) atoms. The second-order valence-corrected chi connectivity index (χ2v) is 9.26. The Morgan fingerprint density at radius 1 is 1.03 bits per heavy atom. The van der Waals surface area contributed by atoms with Gasteiger partial charge in [-0.25, -0.2) is 13.4 Å². The summed E-state index contributed by atoms with van der Waals surface area (Å²) in [6, 6.07) is 8.78. The third-order valence-corrected chi connectivity index (χ3v) is 6.73. The summed E-state index contributed by atoms with van der Waals surface area (Å²) in [6.07, 6.45) is -3.76. The molecule has 1 amide bonds. The molecule has 1 saturated heterocycles.